The Balaban J connectivity index is 1.86. The summed E-state index contributed by atoms with van der Waals surface area (Å²) in [5.74, 6) is -0.973. The van der Waals surface area contributed by atoms with Crippen LogP contribution in [0.15, 0.2) is 102 Å². The minimum Gasteiger partial charge on any atom is -0.352 e. The number of amides is 2. The highest BCUT2D eigenvalue weighted by Gasteiger charge is 2.35. The van der Waals surface area contributed by atoms with E-state index in [9.17, 15) is 18.0 Å². The highest BCUT2D eigenvalue weighted by atomic mass is 35.5. The van der Waals surface area contributed by atoms with Gasteiger partial charge in [0.1, 0.15) is 12.6 Å². The van der Waals surface area contributed by atoms with Crippen molar-refractivity contribution < 1.29 is 18.0 Å². The van der Waals surface area contributed by atoms with Crippen LogP contribution in [0.5, 0.6) is 0 Å². The van der Waals surface area contributed by atoms with Crippen molar-refractivity contribution in [1.82, 2.24) is 10.2 Å². The first-order valence-electron chi connectivity index (χ1n) is 14.6. The third-order valence-electron chi connectivity index (χ3n) is 7.20. The molecule has 0 unspecified atom stereocenters. The molecule has 1 atom stereocenters. The Bertz CT molecular complexity index is 1710. The second-order valence-corrected chi connectivity index (χ2v) is 13.9. The summed E-state index contributed by atoms with van der Waals surface area (Å²) in [6, 6.07) is 26.5. The van der Waals surface area contributed by atoms with E-state index >= 15 is 0 Å². The van der Waals surface area contributed by atoms with Gasteiger partial charge >= 0.3 is 0 Å². The van der Waals surface area contributed by atoms with E-state index in [2.05, 4.69) is 5.32 Å². The largest absolute Gasteiger partial charge is 0.352 e. The van der Waals surface area contributed by atoms with Gasteiger partial charge in [-0.05, 0) is 80.8 Å². The number of carbonyl (C=O) groups excluding carboxylic acids is 2. The zero-order valence-electron chi connectivity index (χ0n) is 25.7. The van der Waals surface area contributed by atoms with E-state index in [1.807, 2.05) is 64.1 Å². The van der Waals surface area contributed by atoms with Crippen LogP contribution >= 0.6 is 23.2 Å². The number of anilines is 1. The van der Waals surface area contributed by atoms with Crippen LogP contribution in [-0.4, -0.2) is 43.8 Å². The Morgan fingerprint density at radius 3 is 1.91 bits per heavy atom. The fourth-order valence-corrected chi connectivity index (χ4v) is 7.07. The quantitative estimate of drug-likeness (QED) is 0.177. The topological polar surface area (TPSA) is 86.8 Å². The summed E-state index contributed by atoms with van der Waals surface area (Å²) in [5, 5.41) is 3.59. The van der Waals surface area contributed by atoms with Gasteiger partial charge in [0.05, 0.1) is 10.6 Å². The molecule has 7 nitrogen and oxygen atoms in total. The number of benzene rings is 4. The van der Waals surface area contributed by atoms with Gasteiger partial charge < -0.3 is 10.2 Å². The lowest BCUT2D eigenvalue weighted by Gasteiger charge is -2.34. The zero-order chi connectivity index (χ0) is 32.7. The van der Waals surface area contributed by atoms with Crippen molar-refractivity contribution in [3.63, 3.8) is 0 Å². The molecule has 0 aliphatic heterocycles. The van der Waals surface area contributed by atoms with Gasteiger partial charge in [0.25, 0.3) is 10.0 Å². The molecule has 45 heavy (non-hydrogen) atoms. The van der Waals surface area contributed by atoms with Crippen molar-refractivity contribution in [3.8, 4) is 0 Å². The molecule has 0 aromatic heterocycles. The van der Waals surface area contributed by atoms with Gasteiger partial charge in [0, 0.05) is 34.6 Å². The third-order valence-corrected chi connectivity index (χ3v) is 9.69. The van der Waals surface area contributed by atoms with E-state index in [0.717, 1.165) is 21.0 Å². The molecule has 10 heteroatoms. The highest BCUT2D eigenvalue weighted by Crippen LogP contribution is 2.30. The number of sulfonamides is 1. The predicted octanol–water partition coefficient (Wildman–Crippen LogP) is 6.97. The summed E-state index contributed by atoms with van der Waals surface area (Å²) in [6.07, 6.45) is 0.183. The monoisotopic (exact) mass is 665 g/mol. The number of hydrogen-bond donors (Lipinski definition) is 1. The first-order valence-corrected chi connectivity index (χ1v) is 16.8. The summed E-state index contributed by atoms with van der Waals surface area (Å²) in [5.41, 5.74) is 3.29. The number of hydrogen-bond acceptors (Lipinski definition) is 4. The van der Waals surface area contributed by atoms with E-state index in [-0.39, 0.29) is 29.8 Å². The Kier molecular flexibility index (Phi) is 11.3. The fraction of sp³-hybridized carbons (Fsp3) is 0.257. The summed E-state index contributed by atoms with van der Waals surface area (Å²) in [6.45, 7) is 6.72. The van der Waals surface area contributed by atoms with E-state index in [4.69, 9.17) is 23.2 Å². The van der Waals surface area contributed by atoms with E-state index < -0.39 is 28.5 Å². The maximum atomic E-state index is 14.6. The Hall–Kier alpha value is -3.85. The third kappa shape index (κ3) is 8.66. The molecule has 0 bridgehead atoms. The van der Waals surface area contributed by atoms with Crippen LogP contribution < -0.4 is 9.62 Å². The number of rotatable bonds is 12. The van der Waals surface area contributed by atoms with E-state index in [1.54, 1.807) is 48.5 Å². The molecule has 4 aromatic carbocycles. The molecule has 2 amide bonds. The minimum absolute atomic E-state index is 0.0380. The molecule has 236 valence electrons. The van der Waals surface area contributed by atoms with Gasteiger partial charge in [-0.15, -0.1) is 0 Å². The molecule has 0 saturated carbocycles. The van der Waals surface area contributed by atoms with Crippen LogP contribution in [-0.2, 0) is 32.6 Å². The first kappa shape index (κ1) is 34.0. The fourth-order valence-electron chi connectivity index (χ4n) is 5.13. The predicted molar refractivity (Wildman–Crippen MR) is 181 cm³/mol. The zero-order valence-corrected chi connectivity index (χ0v) is 28.0. The molecule has 0 aliphatic carbocycles. The molecular formula is C35H37Cl2N3O4S. The minimum atomic E-state index is -4.20. The SMILES string of the molecule is Cc1cc(C)cc(N(CC(=O)N(Cc2c(Cl)cccc2Cl)[C@H](Cc2ccccc2)C(=O)NC(C)C)S(=O)(=O)c2ccccc2)c1. The molecule has 0 fully saturated rings. The molecule has 0 radical (unpaired) electrons. The van der Waals surface area contributed by atoms with Crippen molar-refractivity contribution in [1.29, 1.82) is 0 Å². The van der Waals surface area contributed by atoms with Crippen LogP contribution in [0.4, 0.5) is 5.69 Å². The average molecular weight is 667 g/mol. The van der Waals surface area contributed by atoms with Crippen molar-refractivity contribution in [2.75, 3.05) is 10.8 Å². The Morgan fingerprint density at radius 2 is 1.36 bits per heavy atom. The normalized spacial score (nSPS) is 12.1. The number of carbonyl (C=O) groups is 2. The van der Waals surface area contributed by atoms with E-state index in [0.29, 0.717) is 21.3 Å². The van der Waals surface area contributed by atoms with Crippen LogP contribution in [0, 0.1) is 13.8 Å². The smallest absolute Gasteiger partial charge is 0.264 e. The van der Waals surface area contributed by atoms with Gasteiger partial charge in [0.2, 0.25) is 11.8 Å². The number of aryl methyl sites for hydroxylation is 2. The summed E-state index contributed by atoms with van der Waals surface area (Å²) >= 11 is 13.1. The highest BCUT2D eigenvalue weighted by molar-refractivity contribution is 7.92. The lowest BCUT2D eigenvalue weighted by molar-refractivity contribution is -0.140. The molecule has 0 saturated heterocycles. The average Bonchev–Trinajstić information content (AvgIpc) is 2.99. The summed E-state index contributed by atoms with van der Waals surface area (Å²) in [4.78, 5) is 29.8. The van der Waals surface area contributed by atoms with Gasteiger partial charge in [-0.3, -0.25) is 13.9 Å². The van der Waals surface area contributed by atoms with Crippen LogP contribution in [0.3, 0.4) is 0 Å². The Labute approximate surface area is 275 Å². The van der Waals surface area contributed by atoms with Gasteiger partial charge in [-0.2, -0.15) is 0 Å². The lowest BCUT2D eigenvalue weighted by atomic mass is 10.0. The lowest BCUT2D eigenvalue weighted by Crippen LogP contribution is -2.54. The molecule has 0 spiro atoms. The van der Waals surface area contributed by atoms with Crippen molar-refractivity contribution >= 4 is 50.7 Å². The standard InChI is InChI=1S/C35H37Cl2N3O4S/c1-24(2)38-35(42)33(21-27-12-7-5-8-13-27)39(22-30-31(36)16-11-17-32(30)37)34(41)23-40(28-19-25(3)18-26(4)20-28)45(43,44)29-14-9-6-10-15-29/h5-20,24,33H,21-23H2,1-4H3,(H,38,42)/t33-/m1/s1. The number of nitrogens with one attached hydrogen (secondary N) is 1. The van der Waals surface area contributed by atoms with Crippen molar-refractivity contribution in [3.05, 3.63) is 129 Å². The van der Waals surface area contributed by atoms with Gasteiger partial charge in [-0.1, -0.05) is 83.9 Å². The molecule has 4 aromatic rings. The van der Waals surface area contributed by atoms with Gasteiger partial charge in [0.15, 0.2) is 0 Å². The number of nitrogens with zero attached hydrogens (tertiary/aromatic N) is 2. The molecular weight excluding hydrogens is 629 g/mol. The molecule has 0 heterocycles. The first-order chi connectivity index (χ1) is 21.4. The van der Waals surface area contributed by atoms with Crippen molar-refractivity contribution in [2.45, 2.75) is 57.6 Å². The summed E-state index contributed by atoms with van der Waals surface area (Å²) < 4.78 is 29.4. The molecule has 4 rings (SSSR count). The van der Waals surface area contributed by atoms with Gasteiger partial charge in [-0.25, -0.2) is 8.42 Å². The maximum Gasteiger partial charge on any atom is 0.264 e. The van der Waals surface area contributed by atoms with Crippen molar-refractivity contribution in [2.24, 2.45) is 0 Å². The van der Waals surface area contributed by atoms with Crippen LogP contribution in [0.1, 0.15) is 36.1 Å². The Morgan fingerprint density at radius 1 is 0.800 bits per heavy atom. The van der Waals surface area contributed by atoms with E-state index in [1.165, 1.54) is 17.0 Å². The van der Waals surface area contributed by atoms with Crippen LogP contribution in [0.25, 0.3) is 0 Å². The second kappa shape index (κ2) is 15.0. The molecule has 0 aliphatic rings. The second-order valence-electron chi connectivity index (χ2n) is 11.3. The van der Waals surface area contributed by atoms with Crippen LogP contribution in [0.2, 0.25) is 10.0 Å². The molecule has 1 N–H and O–H groups in total. The number of halogens is 2. The summed E-state index contributed by atoms with van der Waals surface area (Å²) in [7, 11) is -4.20. The maximum absolute atomic E-state index is 14.6.